The van der Waals surface area contributed by atoms with E-state index in [4.69, 9.17) is 20.9 Å². The fraction of sp³-hybridized carbons (Fsp3) is 0.419. The molecule has 0 aliphatic carbocycles. The van der Waals surface area contributed by atoms with Gasteiger partial charge >= 0.3 is 12.1 Å². The van der Waals surface area contributed by atoms with Crippen molar-refractivity contribution in [3.05, 3.63) is 70.8 Å². The smallest absolute Gasteiger partial charge is 0.414 e. The van der Waals surface area contributed by atoms with Crippen LogP contribution in [0.1, 0.15) is 32.3 Å². The molecule has 2 N–H and O–H groups in total. The molecule has 1 aliphatic heterocycles. The molecule has 0 bridgehead atoms. The molecule has 0 radical (unpaired) electrons. The molecule has 1 atom stereocenters. The summed E-state index contributed by atoms with van der Waals surface area (Å²) in [6.07, 6.45) is -0.532. The zero-order chi connectivity index (χ0) is 32.5. The lowest BCUT2D eigenvalue weighted by molar-refractivity contribution is -0.133. The zero-order valence-corrected chi connectivity index (χ0v) is 26.2. The second-order valence-corrected chi connectivity index (χ2v) is 11.4. The zero-order valence-electron chi connectivity index (χ0n) is 25.4. The predicted molar refractivity (Wildman–Crippen MR) is 165 cm³/mol. The summed E-state index contributed by atoms with van der Waals surface area (Å²) in [5, 5.41) is 8.87. The van der Waals surface area contributed by atoms with Crippen LogP contribution in [0, 0.1) is 11.6 Å². The van der Waals surface area contributed by atoms with E-state index in [1.807, 2.05) is 0 Å². The monoisotopic (exact) mass is 646 g/mol. The number of nitrogens with zero attached hydrogens (tertiary/aromatic N) is 4. The Kier molecular flexibility index (Phi) is 11.7. The third-order valence-electron chi connectivity index (χ3n) is 7.68. The Morgan fingerprint density at radius 3 is 2.53 bits per heavy atom. The number of anilines is 1. The highest BCUT2D eigenvalue weighted by Crippen LogP contribution is 2.23. The van der Waals surface area contributed by atoms with E-state index in [2.05, 4.69) is 34.5 Å². The van der Waals surface area contributed by atoms with E-state index < -0.39 is 29.8 Å². The van der Waals surface area contributed by atoms with Crippen LogP contribution in [0.4, 0.5) is 24.3 Å². The summed E-state index contributed by atoms with van der Waals surface area (Å²) in [6, 6.07) is 10.6. The molecule has 1 aromatic heterocycles. The number of benzene rings is 2. The largest absolute Gasteiger partial charge is 0.447 e. The summed E-state index contributed by atoms with van der Waals surface area (Å²) in [5.74, 6) is -1.13. The van der Waals surface area contributed by atoms with Crippen molar-refractivity contribution in [2.75, 3.05) is 45.2 Å². The number of carbonyl (C=O) groups is 3. The second kappa shape index (κ2) is 15.7. The van der Waals surface area contributed by atoms with Gasteiger partial charge in [0.15, 0.2) is 0 Å². The minimum atomic E-state index is -0.876. The number of urea groups is 1. The van der Waals surface area contributed by atoms with Gasteiger partial charge in [0.1, 0.15) is 23.9 Å². The number of ether oxygens (including phenoxy) is 1. The highest BCUT2D eigenvalue weighted by molar-refractivity contribution is 6.31. The van der Waals surface area contributed by atoms with E-state index in [9.17, 15) is 23.2 Å². The average Bonchev–Trinajstić information content (AvgIpc) is 3.49. The van der Waals surface area contributed by atoms with Crippen LogP contribution in [0.25, 0.3) is 11.3 Å². The molecule has 4 rings (SSSR count). The van der Waals surface area contributed by atoms with E-state index >= 15 is 0 Å². The molecule has 4 amide bonds. The molecule has 14 heteroatoms. The van der Waals surface area contributed by atoms with E-state index in [1.54, 1.807) is 17.0 Å². The SMILES string of the molecule is CC(C)N1CCN(C(=O)CC[C@@H](COC(=O)Nc2cc(-c3cccc(F)c3)no2)N(C)C(=O)NCc2cccc(F)c2Cl)CC1. The number of nitrogens with one attached hydrogen (secondary N) is 2. The molecule has 1 aliphatic rings. The number of rotatable bonds is 11. The highest BCUT2D eigenvalue weighted by atomic mass is 35.5. The number of carbonyl (C=O) groups excluding carboxylic acids is 3. The third kappa shape index (κ3) is 9.38. The van der Waals surface area contributed by atoms with Gasteiger partial charge in [-0.15, -0.1) is 0 Å². The van der Waals surface area contributed by atoms with Crippen molar-refractivity contribution < 1.29 is 32.4 Å². The van der Waals surface area contributed by atoms with Crippen molar-refractivity contribution in [3.8, 4) is 11.3 Å². The summed E-state index contributed by atoms with van der Waals surface area (Å²) in [6.45, 7) is 6.75. The molecule has 0 unspecified atom stereocenters. The van der Waals surface area contributed by atoms with Crippen LogP contribution in [0.2, 0.25) is 5.02 Å². The molecule has 1 fully saturated rings. The Morgan fingerprint density at radius 2 is 1.82 bits per heavy atom. The molecule has 0 saturated carbocycles. The number of amides is 4. The topological polar surface area (TPSA) is 120 Å². The Labute approximate surface area is 265 Å². The number of hydrogen-bond donors (Lipinski definition) is 2. The lowest BCUT2D eigenvalue weighted by Crippen LogP contribution is -2.51. The summed E-state index contributed by atoms with van der Waals surface area (Å²) in [5.41, 5.74) is 1.17. The summed E-state index contributed by atoms with van der Waals surface area (Å²) >= 11 is 6.02. The quantitative estimate of drug-likeness (QED) is 0.288. The Hall–Kier alpha value is -4.23. The maximum Gasteiger partial charge on any atom is 0.414 e. The molecule has 3 aromatic rings. The van der Waals surface area contributed by atoms with E-state index in [0.29, 0.717) is 36.0 Å². The van der Waals surface area contributed by atoms with Gasteiger partial charge in [0.25, 0.3) is 0 Å². The number of aromatic nitrogens is 1. The van der Waals surface area contributed by atoms with Crippen molar-refractivity contribution in [3.63, 3.8) is 0 Å². The van der Waals surface area contributed by atoms with Crippen LogP contribution in [-0.2, 0) is 16.1 Å². The Balaban J connectivity index is 1.36. The minimum Gasteiger partial charge on any atom is -0.447 e. The van der Waals surface area contributed by atoms with Crippen LogP contribution in [-0.4, -0.2) is 89.8 Å². The lowest BCUT2D eigenvalue weighted by Gasteiger charge is -2.37. The van der Waals surface area contributed by atoms with Gasteiger partial charge in [-0.25, -0.2) is 18.4 Å². The van der Waals surface area contributed by atoms with Gasteiger partial charge in [-0.2, -0.15) is 0 Å². The van der Waals surface area contributed by atoms with Gasteiger partial charge < -0.3 is 24.4 Å². The predicted octanol–water partition coefficient (Wildman–Crippen LogP) is 5.36. The molecular weight excluding hydrogens is 610 g/mol. The van der Waals surface area contributed by atoms with Gasteiger partial charge in [-0.3, -0.25) is 15.0 Å². The van der Waals surface area contributed by atoms with E-state index in [0.717, 1.165) is 13.1 Å². The second-order valence-electron chi connectivity index (χ2n) is 11.0. The van der Waals surface area contributed by atoms with Crippen molar-refractivity contribution >= 4 is 35.5 Å². The first-order valence-corrected chi connectivity index (χ1v) is 15.0. The van der Waals surface area contributed by atoms with Crippen molar-refractivity contribution in [1.29, 1.82) is 0 Å². The first kappa shape index (κ1) is 33.7. The first-order valence-electron chi connectivity index (χ1n) is 14.6. The number of hydrogen-bond acceptors (Lipinski definition) is 7. The van der Waals surface area contributed by atoms with E-state index in [1.165, 1.54) is 48.3 Å². The van der Waals surface area contributed by atoms with Crippen LogP contribution in [0.5, 0.6) is 0 Å². The van der Waals surface area contributed by atoms with Crippen LogP contribution < -0.4 is 10.6 Å². The lowest BCUT2D eigenvalue weighted by atomic mass is 10.1. The fourth-order valence-corrected chi connectivity index (χ4v) is 5.09. The number of piperazine rings is 1. The molecular formula is C31H37ClF2N6O5. The Bertz CT molecular complexity index is 1480. The summed E-state index contributed by atoms with van der Waals surface area (Å²) in [4.78, 5) is 44.2. The standard InChI is InChI=1S/C31H37ClF2N6O5/c1-20(2)39-12-14-40(15-13-39)28(41)11-10-24(38(3)30(42)35-18-22-7-5-9-25(34)29(22)32)19-44-31(43)36-27-17-26(37-45-27)21-6-4-8-23(33)16-21/h4-9,16-17,20,24H,10-15,18-19H2,1-3H3,(H,35,42)(H,36,43)/t24-/m0/s1. The molecule has 11 nitrogen and oxygen atoms in total. The average molecular weight is 647 g/mol. The summed E-state index contributed by atoms with van der Waals surface area (Å²) in [7, 11) is 1.52. The van der Waals surface area contributed by atoms with Gasteiger partial charge in [-0.1, -0.05) is 41.0 Å². The van der Waals surface area contributed by atoms with Crippen LogP contribution in [0.15, 0.2) is 53.1 Å². The molecule has 45 heavy (non-hydrogen) atoms. The van der Waals surface area contributed by atoms with Gasteiger partial charge in [-0.05, 0) is 44.0 Å². The van der Waals surface area contributed by atoms with Gasteiger partial charge in [0.05, 0.1) is 11.1 Å². The maximum atomic E-state index is 13.8. The molecule has 0 spiro atoms. The van der Waals surface area contributed by atoms with Crippen LogP contribution >= 0.6 is 11.6 Å². The van der Waals surface area contributed by atoms with Crippen LogP contribution in [0.3, 0.4) is 0 Å². The normalized spacial score (nSPS) is 14.2. The maximum absolute atomic E-state index is 13.8. The number of halogens is 3. The first-order chi connectivity index (χ1) is 21.5. The summed E-state index contributed by atoms with van der Waals surface area (Å²) < 4.78 is 38.0. The number of likely N-dealkylation sites (N-methyl/N-ethyl adjacent to an activating group) is 1. The van der Waals surface area contributed by atoms with Crippen molar-refractivity contribution in [2.45, 2.75) is 45.3 Å². The molecule has 2 heterocycles. The van der Waals surface area contributed by atoms with E-state index in [-0.39, 0.29) is 42.8 Å². The minimum absolute atomic E-state index is 0.0235. The molecule has 2 aromatic carbocycles. The van der Waals surface area contributed by atoms with Crippen molar-refractivity contribution in [1.82, 2.24) is 25.2 Å². The fourth-order valence-electron chi connectivity index (χ4n) is 4.90. The van der Waals surface area contributed by atoms with Gasteiger partial charge in [0, 0.05) is 63.9 Å². The highest BCUT2D eigenvalue weighted by Gasteiger charge is 2.27. The Morgan fingerprint density at radius 1 is 1.09 bits per heavy atom. The van der Waals surface area contributed by atoms with Gasteiger partial charge in [0.2, 0.25) is 11.8 Å². The molecule has 242 valence electrons. The molecule has 1 saturated heterocycles. The third-order valence-corrected chi connectivity index (χ3v) is 8.10. The van der Waals surface area contributed by atoms with Crippen molar-refractivity contribution in [2.24, 2.45) is 0 Å².